The second-order valence-electron chi connectivity index (χ2n) is 7.51. The van der Waals surface area contributed by atoms with Gasteiger partial charge in [-0.1, -0.05) is 30.3 Å². The number of nitrogens with two attached hydrogens (primary N) is 1. The Morgan fingerprint density at radius 3 is 2.55 bits per heavy atom. The molecule has 33 heavy (non-hydrogen) atoms. The van der Waals surface area contributed by atoms with Crippen LogP contribution < -0.4 is 16.4 Å². The van der Waals surface area contributed by atoms with E-state index >= 15 is 0 Å². The first-order valence-electron chi connectivity index (χ1n) is 10.5. The van der Waals surface area contributed by atoms with Crippen molar-refractivity contribution in [3.63, 3.8) is 0 Å². The molecule has 5 aromatic rings. The van der Waals surface area contributed by atoms with Crippen molar-refractivity contribution in [3.8, 4) is 11.4 Å². The molecule has 8 nitrogen and oxygen atoms in total. The summed E-state index contributed by atoms with van der Waals surface area (Å²) in [5, 5.41) is 8.82. The minimum atomic E-state index is -0.0552. The second-order valence-corrected chi connectivity index (χ2v) is 8.39. The standard InChI is InChI=1S/C24H22N8S/c25-18(12-16-4-2-1-3-5-16)13-28-24-22-21(31-23(32-24)17-6-9-26-10-7-17)19(14-33-22)30-20-8-11-27-15-29-20/h1-11,14-15,18H,12-13,25H2,(H,27,29,30)(H,28,31,32). The molecule has 1 atom stereocenters. The molecule has 0 fully saturated rings. The summed E-state index contributed by atoms with van der Waals surface area (Å²) in [7, 11) is 0. The quantitative estimate of drug-likeness (QED) is 0.318. The summed E-state index contributed by atoms with van der Waals surface area (Å²) in [6.07, 6.45) is 7.46. The third kappa shape index (κ3) is 4.94. The monoisotopic (exact) mass is 454 g/mol. The van der Waals surface area contributed by atoms with E-state index in [0.717, 1.165) is 33.7 Å². The Morgan fingerprint density at radius 1 is 0.939 bits per heavy atom. The predicted molar refractivity (Wildman–Crippen MR) is 133 cm³/mol. The Labute approximate surface area is 195 Å². The van der Waals surface area contributed by atoms with Gasteiger partial charge in [-0.05, 0) is 30.2 Å². The van der Waals surface area contributed by atoms with Gasteiger partial charge in [0.15, 0.2) is 5.82 Å². The van der Waals surface area contributed by atoms with Gasteiger partial charge in [0.2, 0.25) is 0 Å². The molecule has 0 saturated carbocycles. The van der Waals surface area contributed by atoms with E-state index in [4.69, 9.17) is 15.7 Å². The molecule has 0 amide bonds. The van der Waals surface area contributed by atoms with Gasteiger partial charge in [-0.2, -0.15) is 0 Å². The van der Waals surface area contributed by atoms with Gasteiger partial charge in [0.05, 0.1) is 10.4 Å². The molecule has 0 saturated heterocycles. The molecule has 1 aromatic carbocycles. The number of thiophene rings is 1. The highest BCUT2D eigenvalue weighted by Crippen LogP contribution is 2.36. The fourth-order valence-corrected chi connectivity index (χ4v) is 4.38. The van der Waals surface area contributed by atoms with E-state index in [9.17, 15) is 0 Å². The number of hydrogen-bond donors (Lipinski definition) is 3. The molecular weight excluding hydrogens is 432 g/mol. The van der Waals surface area contributed by atoms with Gasteiger partial charge in [0, 0.05) is 42.1 Å². The Hall–Kier alpha value is -3.95. The lowest BCUT2D eigenvalue weighted by Gasteiger charge is -2.15. The summed E-state index contributed by atoms with van der Waals surface area (Å²) in [4.78, 5) is 22.0. The van der Waals surface area contributed by atoms with Crippen LogP contribution in [0.1, 0.15) is 5.56 Å². The average Bonchev–Trinajstić information content (AvgIpc) is 3.27. The summed E-state index contributed by atoms with van der Waals surface area (Å²) in [6.45, 7) is 0.587. The van der Waals surface area contributed by atoms with Crippen molar-refractivity contribution >= 4 is 38.9 Å². The molecule has 5 rings (SSSR count). The van der Waals surface area contributed by atoms with Gasteiger partial charge < -0.3 is 16.4 Å². The van der Waals surface area contributed by atoms with E-state index in [1.165, 1.54) is 11.9 Å². The van der Waals surface area contributed by atoms with E-state index in [1.807, 2.05) is 41.8 Å². The average molecular weight is 455 g/mol. The number of fused-ring (bicyclic) bond motifs is 1. The lowest BCUT2D eigenvalue weighted by atomic mass is 10.1. The van der Waals surface area contributed by atoms with Crippen molar-refractivity contribution in [2.45, 2.75) is 12.5 Å². The predicted octanol–water partition coefficient (Wildman–Crippen LogP) is 4.27. The van der Waals surface area contributed by atoms with Gasteiger partial charge in [-0.25, -0.2) is 19.9 Å². The number of benzene rings is 1. The van der Waals surface area contributed by atoms with Crippen LogP contribution in [-0.2, 0) is 6.42 Å². The Bertz CT molecular complexity index is 1330. The molecule has 0 aliphatic carbocycles. The molecule has 164 valence electrons. The first-order chi connectivity index (χ1) is 16.3. The highest BCUT2D eigenvalue weighted by molar-refractivity contribution is 7.18. The zero-order chi connectivity index (χ0) is 22.5. The van der Waals surface area contributed by atoms with E-state index in [0.29, 0.717) is 18.2 Å². The molecule has 4 N–H and O–H groups in total. The normalized spacial score (nSPS) is 11.9. The van der Waals surface area contributed by atoms with Crippen molar-refractivity contribution < 1.29 is 0 Å². The molecular formula is C24H22N8S. The lowest BCUT2D eigenvalue weighted by Crippen LogP contribution is -2.31. The van der Waals surface area contributed by atoms with Crippen LogP contribution in [0.25, 0.3) is 21.6 Å². The maximum Gasteiger partial charge on any atom is 0.162 e. The highest BCUT2D eigenvalue weighted by atomic mass is 32.1. The summed E-state index contributed by atoms with van der Waals surface area (Å²) < 4.78 is 0.955. The van der Waals surface area contributed by atoms with E-state index in [2.05, 4.69) is 37.7 Å². The Balaban J connectivity index is 1.46. The molecule has 4 heterocycles. The van der Waals surface area contributed by atoms with Crippen molar-refractivity contribution in [2.24, 2.45) is 5.73 Å². The summed E-state index contributed by atoms with van der Waals surface area (Å²) in [6, 6.07) is 15.8. The summed E-state index contributed by atoms with van der Waals surface area (Å²) in [5.41, 5.74) is 10.2. The first kappa shape index (κ1) is 20.9. The number of nitrogens with one attached hydrogen (secondary N) is 2. The molecule has 0 bridgehead atoms. The largest absolute Gasteiger partial charge is 0.367 e. The van der Waals surface area contributed by atoms with Crippen LogP contribution in [0.15, 0.2) is 78.8 Å². The molecule has 4 aromatic heterocycles. The van der Waals surface area contributed by atoms with E-state index in [-0.39, 0.29) is 6.04 Å². The summed E-state index contributed by atoms with van der Waals surface area (Å²) in [5.74, 6) is 2.08. The Kier molecular flexibility index (Phi) is 6.14. The SMILES string of the molecule is NC(CNc1nc(-c2ccncc2)nc2c(Nc3ccncn3)csc12)Cc1ccccc1. The zero-order valence-corrected chi connectivity index (χ0v) is 18.5. The minimum Gasteiger partial charge on any atom is -0.367 e. The number of pyridine rings is 1. The fraction of sp³-hybridized carbons (Fsp3) is 0.125. The lowest BCUT2D eigenvalue weighted by molar-refractivity contribution is 0.698. The third-order valence-electron chi connectivity index (χ3n) is 5.07. The van der Waals surface area contributed by atoms with Gasteiger partial charge in [-0.3, -0.25) is 4.98 Å². The van der Waals surface area contributed by atoms with E-state index < -0.39 is 0 Å². The van der Waals surface area contributed by atoms with E-state index in [1.54, 1.807) is 29.9 Å². The van der Waals surface area contributed by atoms with Gasteiger partial charge in [-0.15, -0.1) is 11.3 Å². The fourth-order valence-electron chi connectivity index (χ4n) is 3.48. The second kappa shape index (κ2) is 9.68. The maximum absolute atomic E-state index is 6.42. The van der Waals surface area contributed by atoms with Gasteiger partial charge >= 0.3 is 0 Å². The Morgan fingerprint density at radius 2 is 1.76 bits per heavy atom. The highest BCUT2D eigenvalue weighted by Gasteiger charge is 2.16. The molecule has 0 aliphatic rings. The molecule has 0 radical (unpaired) electrons. The zero-order valence-electron chi connectivity index (χ0n) is 17.7. The van der Waals surface area contributed by atoms with Crippen molar-refractivity contribution in [2.75, 3.05) is 17.2 Å². The van der Waals surface area contributed by atoms with Crippen LogP contribution in [0.3, 0.4) is 0 Å². The van der Waals surface area contributed by atoms with Gasteiger partial charge in [0.1, 0.15) is 23.5 Å². The van der Waals surface area contributed by atoms with Gasteiger partial charge in [0.25, 0.3) is 0 Å². The number of nitrogens with zero attached hydrogens (tertiary/aromatic N) is 5. The minimum absolute atomic E-state index is 0.0552. The van der Waals surface area contributed by atoms with Crippen LogP contribution in [0.2, 0.25) is 0 Å². The van der Waals surface area contributed by atoms with Crippen molar-refractivity contribution in [3.05, 3.63) is 84.4 Å². The molecule has 9 heteroatoms. The molecule has 0 spiro atoms. The van der Waals surface area contributed by atoms with Crippen LogP contribution in [0.5, 0.6) is 0 Å². The summed E-state index contributed by atoms with van der Waals surface area (Å²) >= 11 is 1.57. The number of rotatable bonds is 8. The van der Waals surface area contributed by atoms with Crippen LogP contribution in [-0.4, -0.2) is 37.5 Å². The smallest absolute Gasteiger partial charge is 0.162 e. The number of aromatic nitrogens is 5. The first-order valence-corrected chi connectivity index (χ1v) is 11.4. The maximum atomic E-state index is 6.42. The van der Waals surface area contributed by atoms with Crippen molar-refractivity contribution in [1.29, 1.82) is 0 Å². The van der Waals surface area contributed by atoms with Crippen LogP contribution >= 0.6 is 11.3 Å². The molecule has 0 aliphatic heterocycles. The third-order valence-corrected chi connectivity index (χ3v) is 6.05. The number of hydrogen-bond acceptors (Lipinski definition) is 9. The topological polar surface area (TPSA) is 115 Å². The number of anilines is 3. The van der Waals surface area contributed by atoms with Crippen LogP contribution in [0.4, 0.5) is 17.3 Å². The molecule has 1 unspecified atom stereocenters. The van der Waals surface area contributed by atoms with Crippen molar-refractivity contribution in [1.82, 2.24) is 24.9 Å². The van der Waals surface area contributed by atoms with Crippen LogP contribution in [0, 0.1) is 0 Å².